The Morgan fingerprint density at radius 3 is 2.77 bits per heavy atom. The lowest BCUT2D eigenvalue weighted by Crippen LogP contribution is -2.42. The second-order valence-corrected chi connectivity index (χ2v) is 8.07. The molecule has 1 atom stereocenters. The molecule has 7 heteroatoms. The number of aromatic nitrogens is 1. The number of hydrogen-bond donors (Lipinski definition) is 2. The molecule has 2 N–H and O–H groups in total. The van der Waals surface area contributed by atoms with Crippen LogP contribution in [0.1, 0.15) is 55.9 Å². The van der Waals surface area contributed by atoms with Gasteiger partial charge < -0.3 is 19.8 Å². The van der Waals surface area contributed by atoms with E-state index in [0.717, 1.165) is 55.6 Å². The van der Waals surface area contributed by atoms with E-state index >= 15 is 0 Å². The highest BCUT2D eigenvalue weighted by Crippen LogP contribution is 2.26. The van der Waals surface area contributed by atoms with Gasteiger partial charge in [0.15, 0.2) is 5.96 Å². The molecule has 30 heavy (non-hydrogen) atoms. The summed E-state index contributed by atoms with van der Waals surface area (Å²) in [5.74, 6) is 2.50. The SMILES string of the molecule is CN=C(NCc1cccnc1OC1CCCC1)NCC(c1ccco1)N1CCCC1. The van der Waals surface area contributed by atoms with Crippen LogP contribution < -0.4 is 15.4 Å². The second-order valence-electron chi connectivity index (χ2n) is 8.07. The molecule has 2 aliphatic rings. The standard InChI is InChI=1S/C23H33N5O2/c1-24-23(27-17-20(21-11-7-15-29-21)28-13-4-5-14-28)26-16-18-8-6-12-25-22(18)30-19-9-2-3-10-19/h6-8,11-12,15,19-20H,2-5,9-10,13-14,16-17H2,1H3,(H2,24,26,27). The summed E-state index contributed by atoms with van der Waals surface area (Å²) in [6.45, 7) is 3.57. The Bertz CT molecular complexity index is 796. The number of ether oxygens (including phenoxy) is 1. The van der Waals surface area contributed by atoms with E-state index in [9.17, 15) is 0 Å². The predicted molar refractivity (Wildman–Crippen MR) is 118 cm³/mol. The molecule has 0 spiro atoms. The molecule has 0 aromatic carbocycles. The largest absolute Gasteiger partial charge is 0.474 e. The van der Waals surface area contributed by atoms with Gasteiger partial charge in [-0.1, -0.05) is 6.07 Å². The van der Waals surface area contributed by atoms with Gasteiger partial charge in [-0.05, 0) is 69.8 Å². The number of nitrogens with one attached hydrogen (secondary N) is 2. The summed E-state index contributed by atoms with van der Waals surface area (Å²) in [5, 5.41) is 6.89. The average Bonchev–Trinajstić information content (AvgIpc) is 3.56. The van der Waals surface area contributed by atoms with E-state index in [2.05, 4.69) is 37.6 Å². The fourth-order valence-electron chi connectivity index (χ4n) is 4.37. The van der Waals surface area contributed by atoms with E-state index in [4.69, 9.17) is 9.15 Å². The van der Waals surface area contributed by atoms with Gasteiger partial charge in [0.05, 0.1) is 12.3 Å². The number of furan rings is 1. The Balaban J connectivity index is 1.34. The number of guanidine groups is 1. The lowest BCUT2D eigenvalue weighted by Gasteiger charge is -2.26. The zero-order valence-electron chi connectivity index (χ0n) is 17.8. The molecule has 2 aromatic rings. The number of rotatable bonds is 8. The normalized spacial score (nSPS) is 19.2. The van der Waals surface area contributed by atoms with E-state index in [1.54, 1.807) is 19.5 Å². The number of pyridine rings is 1. The van der Waals surface area contributed by atoms with E-state index in [-0.39, 0.29) is 6.04 Å². The van der Waals surface area contributed by atoms with Crippen LogP contribution in [0.3, 0.4) is 0 Å². The highest BCUT2D eigenvalue weighted by atomic mass is 16.5. The Kier molecular flexibility index (Phi) is 7.24. The first-order valence-electron chi connectivity index (χ1n) is 11.2. The molecule has 1 unspecified atom stereocenters. The van der Waals surface area contributed by atoms with Gasteiger partial charge in [0.1, 0.15) is 11.9 Å². The van der Waals surface area contributed by atoms with Crippen molar-refractivity contribution < 1.29 is 9.15 Å². The van der Waals surface area contributed by atoms with Crippen molar-refractivity contribution in [2.75, 3.05) is 26.7 Å². The summed E-state index contributed by atoms with van der Waals surface area (Å²) in [4.78, 5) is 11.3. The molecule has 2 aromatic heterocycles. The number of likely N-dealkylation sites (tertiary alicyclic amines) is 1. The molecule has 3 heterocycles. The molecule has 7 nitrogen and oxygen atoms in total. The van der Waals surface area contributed by atoms with Crippen LogP contribution in [0.2, 0.25) is 0 Å². The van der Waals surface area contributed by atoms with Crippen molar-refractivity contribution in [2.45, 2.75) is 57.2 Å². The van der Waals surface area contributed by atoms with Crippen LogP contribution in [0.4, 0.5) is 0 Å². The lowest BCUT2D eigenvalue weighted by atomic mass is 10.2. The van der Waals surface area contributed by atoms with E-state index in [0.29, 0.717) is 12.6 Å². The van der Waals surface area contributed by atoms with Gasteiger partial charge in [-0.2, -0.15) is 0 Å². The van der Waals surface area contributed by atoms with Crippen LogP contribution in [0.5, 0.6) is 5.88 Å². The van der Waals surface area contributed by atoms with Crippen molar-refractivity contribution in [1.29, 1.82) is 0 Å². The number of nitrogens with zero attached hydrogens (tertiary/aromatic N) is 3. The topological polar surface area (TPSA) is 74.9 Å². The van der Waals surface area contributed by atoms with Crippen molar-refractivity contribution in [3.8, 4) is 5.88 Å². The van der Waals surface area contributed by atoms with E-state index in [1.165, 1.54) is 25.7 Å². The Hall–Kier alpha value is -2.54. The third kappa shape index (κ3) is 5.33. The maximum absolute atomic E-state index is 6.16. The molecule has 1 saturated carbocycles. The third-order valence-electron chi connectivity index (χ3n) is 6.02. The van der Waals surface area contributed by atoms with Crippen LogP contribution in [-0.4, -0.2) is 48.6 Å². The highest BCUT2D eigenvalue weighted by molar-refractivity contribution is 5.79. The zero-order valence-corrected chi connectivity index (χ0v) is 17.8. The van der Waals surface area contributed by atoms with Crippen molar-refractivity contribution in [1.82, 2.24) is 20.5 Å². The fraction of sp³-hybridized carbons (Fsp3) is 0.565. The van der Waals surface area contributed by atoms with Gasteiger partial charge in [-0.3, -0.25) is 9.89 Å². The van der Waals surface area contributed by atoms with Gasteiger partial charge in [0.25, 0.3) is 0 Å². The fourth-order valence-corrected chi connectivity index (χ4v) is 4.37. The van der Waals surface area contributed by atoms with Crippen molar-refractivity contribution in [3.63, 3.8) is 0 Å². The molecule has 0 radical (unpaired) electrons. The van der Waals surface area contributed by atoms with Gasteiger partial charge >= 0.3 is 0 Å². The van der Waals surface area contributed by atoms with Crippen LogP contribution in [-0.2, 0) is 6.54 Å². The minimum absolute atomic E-state index is 0.209. The summed E-state index contributed by atoms with van der Waals surface area (Å²) in [5.41, 5.74) is 1.05. The maximum atomic E-state index is 6.16. The maximum Gasteiger partial charge on any atom is 0.218 e. The Morgan fingerprint density at radius 1 is 1.20 bits per heavy atom. The molecular formula is C23H33N5O2. The molecule has 1 aliphatic heterocycles. The first-order valence-corrected chi connectivity index (χ1v) is 11.2. The molecular weight excluding hydrogens is 378 g/mol. The van der Waals surface area contributed by atoms with E-state index < -0.39 is 0 Å². The number of aliphatic imine (C=N–C) groups is 1. The van der Waals surface area contributed by atoms with Crippen LogP contribution in [0, 0.1) is 0 Å². The molecule has 1 saturated heterocycles. The molecule has 1 aliphatic carbocycles. The van der Waals surface area contributed by atoms with Crippen LogP contribution in [0.25, 0.3) is 0 Å². The monoisotopic (exact) mass is 411 g/mol. The minimum Gasteiger partial charge on any atom is -0.474 e. The molecule has 0 amide bonds. The summed E-state index contributed by atoms with van der Waals surface area (Å²) in [7, 11) is 1.80. The van der Waals surface area contributed by atoms with Gasteiger partial charge in [0.2, 0.25) is 5.88 Å². The molecule has 162 valence electrons. The number of hydrogen-bond acceptors (Lipinski definition) is 5. The lowest BCUT2D eigenvalue weighted by molar-refractivity contribution is 0.199. The highest BCUT2D eigenvalue weighted by Gasteiger charge is 2.25. The summed E-state index contributed by atoms with van der Waals surface area (Å²) >= 11 is 0. The van der Waals surface area contributed by atoms with Gasteiger partial charge in [0, 0.05) is 31.9 Å². The smallest absolute Gasteiger partial charge is 0.218 e. The molecule has 2 fully saturated rings. The van der Waals surface area contributed by atoms with Crippen LogP contribution in [0.15, 0.2) is 46.1 Å². The van der Waals surface area contributed by atoms with Crippen LogP contribution >= 0.6 is 0 Å². The first-order chi connectivity index (χ1) is 14.8. The quantitative estimate of drug-likeness (QED) is 0.512. The zero-order chi connectivity index (χ0) is 20.6. The van der Waals surface area contributed by atoms with Crippen molar-refractivity contribution in [3.05, 3.63) is 48.0 Å². The first kappa shape index (κ1) is 20.7. The minimum atomic E-state index is 0.209. The summed E-state index contributed by atoms with van der Waals surface area (Å²) in [6, 6.07) is 8.24. The third-order valence-corrected chi connectivity index (χ3v) is 6.02. The van der Waals surface area contributed by atoms with Gasteiger partial charge in [-0.25, -0.2) is 4.98 Å². The molecule has 0 bridgehead atoms. The van der Waals surface area contributed by atoms with Gasteiger partial charge in [-0.15, -0.1) is 0 Å². The predicted octanol–water partition coefficient (Wildman–Crippen LogP) is 3.50. The second kappa shape index (κ2) is 10.5. The summed E-state index contributed by atoms with van der Waals surface area (Å²) < 4.78 is 11.9. The van der Waals surface area contributed by atoms with E-state index in [1.807, 2.05) is 12.1 Å². The summed E-state index contributed by atoms with van der Waals surface area (Å²) in [6.07, 6.45) is 11.1. The molecule has 4 rings (SSSR count). The van der Waals surface area contributed by atoms with Crippen molar-refractivity contribution >= 4 is 5.96 Å². The average molecular weight is 412 g/mol. The Morgan fingerprint density at radius 2 is 2.03 bits per heavy atom. The Labute approximate surface area is 178 Å². The van der Waals surface area contributed by atoms with Crippen molar-refractivity contribution in [2.24, 2.45) is 4.99 Å².